The molecule has 1 aromatic rings. The second kappa shape index (κ2) is 8.98. The van der Waals surface area contributed by atoms with Crippen LogP contribution in [-0.4, -0.2) is 25.7 Å². The summed E-state index contributed by atoms with van der Waals surface area (Å²) in [7, 11) is 0. The lowest BCUT2D eigenvalue weighted by molar-refractivity contribution is 0.146. The summed E-state index contributed by atoms with van der Waals surface area (Å²) in [6, 6.07) is 5.24. The van der Waals surface area contributed by atoms with Crippen LogP contribution in [0.1, 0.15) is 13.3 Å². The summed E-state index contributed by atoms with van der Waals surface area (Å²) in [6.45, 7) is 3.93. The van der Waals surface area contributed by atoms with E-state index in [1.807, 2.05) is 6.92 Å². The smallest absolute Gasteiger partial charge is 0.210 e. The molecular formula is C12H18Cl2N4O. The predicted octanol–water partition coefficient (Wildman–Crippen LogP) is 2.65. The van der Waals surface area contributed by atoms with Gasteiger partial charge in [0.25, 0.3) is 0 Å². The van der Waals surface area contributed by atoms with Crippen LogP contribution >= 0.6 is 23.2 Å². The minimum absolute atomic E-state index is 0.409. The van der Waals surface area contributed by atoms with Crippen LogP contribution in [0.3, 0.4) is 0 Å². The Morgan fingerprint density at radius 2 is 2.05 bits per heavy atom. The molecule has 0 heterocycles. The van der Waals surface area contributed by atoms with E-state index in [9.17, 15) is 0 Å². The molecule has 0 bridgehead atoms. The lowest BCUT2D eigenvalue weighted by Crippen LogP contribution is -2.36. The molecule has 1 aromatic carbocycles. The molecule has 0 saturated heterocycles. The molecule has 0 aliphatic rings. The van der Waals surface area contributed by atoms with Crippen LogP contribution < -0.4 is 16.6 Å². The second-order valence-electron chi connectivity index (χ2n) is 3.65. The van der Waals surface area contributed by atoms with Crippen LogP contribution in [0.25, 0.3) is 0 Å². The summed E-state index contributed by atoms with van der Waals surface area (Å²) in [4.78, 5) is 4.26. The Morgan fingerprint density at radius 3 is 2.63 bits per heavy atom. The van der Waals surface area contributed by atoms with Gasteiger partial charge in [-0.1, -0.05) is 29.3 Å². The van der Waals surface area contributed by atoms with Crippen LogP contribution in [0.4, 0.5) is 5.69 Å². The monoisotopic (exact) mass is 304 g/mol. The summed E-state index contributed by atoms with van der Waals surface area (Å²) >= 11 is 12.1. The standard InChI is InChI=1S/C12H18Cl2N4O/c1-2-19-8-4-7-16-12(18-15)17-11-9(13)5-3-6-10(11)14/h3,5-6H,2,4,7-8,15H2,1H3,(H2,16,17,18). The molecule has 0 aromatic heterocycles. The van der Waals surface area contributed by atoms with Gasteiger partial charge in [0.1, 0.15) is 0 Å². The zero-order valence-electron chi connectivity index (χ0n) is 10.7. The number of aliphatic imine (C=N–C) groups is 1. The minimum atomic E-state index is 0.409. The summed E-state index contributed by atoms with van der Waals surface area (Å²) in [5.74, 6) is 5.81. The van der Waals surface area contributed by atoms with E-state index in [0.717, 1.165) is 6.42 Å². The molecule has 0 amide bonds. The predicted molar refractivity (Wildman–Crippen MR) is 80.8 cm³/mol. The van der Waals surface area contributed by atoms with Crippen molar-refractivity contribution in [2.24, 2.45) is 10.8 Å². The van der Waals surface area contributed by atoms with Gasteiger partial charge in [0.05, 0.1) is 15.7 Å². The van der Waals surface area contributed by atoms with Crippen molar-refractivity contribution < 1.29 is 4.74 Å². The highest BCUT2D eigenvalue weighted by molar-refractivity contribution is 6.39. The number of nitrogens with one attached hydrogen (secondary N) is 2. The van der Waals surface area contributed by atoms with Crippen LogP contribution in [0.15, 0.2) is 23.2 Å². The van der Waals surface area contributed by atoms with E-state index in [2.05, 4.69) is 15.7 Å². The van der Waals surface area contributed by atoms with Gasteiger partial charge in [-0.2, -0.15) is 0 Å². The quantitative estimate of drug-likeness (QED) is 0.248. The molecule has 0 saturated carbocycles. The molecule has 19 heavy (non-hydrogen) atoms. The van der Waals surface area contributed by atoms with Crippen LogP contribution in [0, 0.1) is 0 Å². The molecule has 0 fully saturated rings. The third-order valence-electron chi connectivity index (χ3n) is 2.26. The summed E-state index contributed by atoms with van der Waals surface area (Å²) in [5, 5.41) is 3.97. The Bertz CT molecular complexity index is 406. The van der Waals surface area contributed by atoms with Crippen LogP contribution in [0.2, 0.25) is 10.0 Å². The molecular weight excluding hydrogens is 287 g/mol. The van der Waals surface area contributed by atoms with Crippen molar-refractivity contribution in [1.82, 2.24) is 5.43 Å². The largest absolute Gasteiger partial charge is 0.382 e. The van der Waals surface area contributed by atoms with E-state index in [1.54, 1.807) is 18.2 Å². The Kier molecular flexibility index (Phi) is 7.59. The molecule has 106 valence electrons. The summed E-state index contributed by atoms with van der Waals surface area (Å²) in [5.41, 5.74) is 3.05. The molecule has 4 N–H and O–H groups in total. The van der Waals surface area contributed by atoms with E-state index >= 15 is 0 Å². The van der Waals surface area contributed by atoms with Crippen molar-refractivity contribution in [3.63, 3.8) is 0 Å². The van der Waals surface area contributed by atoms with E-state index in [-0.39, 0.29) is 0 Å². The van der Waals surface area contributed by atoms with Crippen molar-refractivity contribution >= 4 is 34.8 Å². The molecule has 5 nitrogen and oxygen atoms in total. The third kappa shape index (κ3) is 5.65. The van der Waals surface area contributed by atoms with Crippen molar-refractivity contribution in [2.45, 2.75) is 13.3 Å². The molecule has 0 atom stereocenters. The Balaban J connectivity index is 2.58. The third-order valence-corrected chi connectivity index (χ3v) is 2.89. The fraction of sp³-hybridized carbons (Fsp3) is 0.417. The number of nitrogens with zero attached hydrogens (tertiary/aromatic N) is 1. The fourth-order valence-electron chi connectivity index (χ4n) is 1.36. The zero-order valence-corrected chi connectivity index (χ0v) is 12.3. The highest BCUT2D eigenvalue weighted by Crippen LogP contribution is 2.29. The SMILES string of the molecule is CCOCCCN=C(NN)Nc1c(Cl)cccc1Cl. The van der Waals surface area contributed by atoms with Gasteiger partial charge in [-0.25, -0.2) is 5.84 Å². The maximum Gasteiger partial charge on any atom is 0.210 e. The number of para-hydroxylation sites is 1. The second-order valence-corrected chi connectivity index (χ2v) is 4.46. The maximum absolute atomic E-state index is 6.04. The van der Waals surface area contributed by atoms with Gasteiger partial charge in [0.15, 0.2) is 0 Å². The highest BCUT2D eigenvalue weighted by Gasteiger charge is 2.07. The van der Waals surface area contributed by atoms with Gasteiger partial charge in [0.2, 0.25) is 5.96 Å². The van der Waals surface area contributed by atoms with E-state index < -0.39 is 0 Å². The molecule has 7 heteroatoms. The van der Waals surface area contributed by atoms with Gasteiger partial charge in [0, 0.05) is 19.8 Å². The lowest BCUT2D eigenvalue weighted by atomic mass is 10.3. The number of guanidine groups is 1. The van der Waals surface area contributed by atoms with Gasteiger partial charge >= 0.3 is 0 Å². The van der Waals surface area contributed by atoms with E-state index in [1.165, 1.54) is 0 Å². The normalized spacial score (nSPS) is 11.5. The Hall–Kier alpha value is -1.01. The molecule has 0 aliphatic carbocycles. The number of rotatable bonds is 6. The number of hydrogen-bond donors (Lipinski definition) is 3. The van der Waals surface area contributed by atoms with Crippen molar-refractivity contribution in [3.8, 4) is 0 Å². The van der Waals surface area contributed by atoms with Crippen LogP contribution in [-0.2, 0) is 4.74 Å². The number of hydrogen-bond acceptors (Lipinski definition) is 3. The Labute approximate surface area is 123 Å². The number of hydrazine groups is 1. The first-order valence-electron chi connectivity index (χ1n) is 5.98. The van der Waals surface area contributed by atoms with Gasteiger partial charge in [-0.3, -0.25) is 10.4 Å². The summed E-state index contributed by atoms with van der Waals surface area (Å²) < 4.78 is 5.22. The van der Waals surface area contributed by atoms with Gasteiger partial charge in [-0.05, 0) is 25.5 Å². The van der Waals surface area contributed by atoms with Gasteiger partial charge < -0.3 is 10.1 Å². The average Bonchev–Trinajstić information content (AvgIpc) is 2.40. The average molecular weight is 305 g/mol. The highest BCUT2D eigenvalue weighted by atomic mass is 35.5. The molecule has 0 unspecified atom stereocenters. The summed E-state index contributed by atoms with van der Waals surface area (Å²) in [6.07, 6.45) is 0.816. The Morgan fingerprint density at radius 1 is 1.37 bits per heavy atom. The minimum Gasteiger partial charge on any atom is -0.382 e. The number of ether oxygens (including phenoxy) is 1. The van der Waals surface area contributed by atoms with E-state index in [0.29, 0.717) is 41.5 Å². The number of anilines is 1. The number of benzene rings is 1. The topological polar surface area (TPSA) is 71.7 Å². The van der Waals surface area contributed by atoms with Crippen molar-refractivity contribution in [2.75, 3.05) is 25.1 Å². The van der Waals surface area contributed by atoms with Crippen molar-refractivity contribution in [3.05, 3.63) is 28.2 Å². The first-order valence-corrected chi connectivity index (χ1v) is 6.74. The first-order chi connectivity index (χ1) is 9.19. The molecule has 1 rings (SSSR count). The number of halogens is 2. The maximum atomic E-state index is 6.04. The first kappa shape index (κ1) is 16.0. The fourth-order valence-corrected chi connectivity index (χ4v) is 1.85. The molecule has 0 spiro atoms. The molecule has 0 aliphatic heterocycles. The van der Waals surface area contributed by atoms with E-state index in [4.69, 9.17) is 33.8 Å². The van der Waals surface area contributed by atoms with Crippen LogP contribution in [0.5, 0.6) is 0 Å². The lowest BCUT2D eigenvalue weighted by Gasteiger charge is -2.12. The molecule has 0 radical (unpaired) electrons. The number of nitrogens with two attached hydrogens (primary N) is 1. The van der Waals surface area contributed by atoms with Gasteiger partial charge in [-0.15, -0.1) is 0 Å². The zero-order chi connectivity index (χ0) is 14.1. The van der Waals surface area contributed by atoms with Crippen molar-refractivity contribution in [1.29, 1.82) is 0 Å².